The lowest BCUT2D eigenvalue weighted by Gasteiger charge is -2.14. The van der Waals surface area contributed by atoms with Crippen LogP contribution < -0.4 is 0 Å². The predicted molar refractivity (Wildman–Crippen MR) is 48.9 cm³/mol. The van der Waals surface area contributed by atoms with Crippen LogP contribution in [0.4, 0.5) is 22.0 Å². The molecule has 0 fully saturated rings. The maximum atomic E-state index is 12.5. The fourth-order valence-electron chi connectivity index (χ4n) is 1.15. The summed E-state index contributed by atoms with van der Waals surface area (Å²) in [6.45, 7) is 0. The number of rotatable bonds is 2. The van der Waals surface area contributed by atoms with Crippen molar-refractivity contribution in [2.45, 2.75) is 12.6 Å². The zero-order valence-electron chi connectivity index (χ0n) is 7.73. The average Bonchev–Trinajstić information content (AvgIpc) is 2.14. The Hall–Kier alpha value is -1.25. The van der Waals surface area contributed by atoms with E-state index in [1.807, 2.05) is 0 Å². The molecular formula is C8H3BrF5NO2. The Labute approximate surface area is 99.4 Å². The molecule has 9 heteroatoms. The van der Waals surface area contributed by atoms with Gasteiger partial charge in [0.05, 0.1) is 16.7 Å². The van der Waals surface area contributed by atoms with Gasteiger partial charge in [-0.2, -0.15) is 13.2 Å². The van der Waals surface area contributed by atoms with Crippen molar-refractivity contribution in [1.82, 2.24) is 4.98 Å². The summed E-state index contributed by atoms with van der Waals surface area (Å²) < 4.78 is 61.7. The number of alkyl halides is 5. The smallest absolute Gasteiger partial charge is 0.418 e. The molecule has 0 bridgehead atoms. The van der Waals surface area contributed by atoms with Crippen LogP contribution in [0.2, 0.25) is 0 Å². The molecule has 0 saturated carbocycles. The zero-order chi connectivity index (χ0) is 13.4. The molecule has 0 aliphatic rings. The number of nitrogens with zero attached hydrogens (tertiary/aromatic N) is 1. The molecule has 17 heavy (non-hydrogen) atoms. The lowest BCUT2D eigenvalue weighted by Crippen LogP contribution is -2.17. The molecule has 0 unspecified atom stereocenters. The maximum absolute atomic E-state index is 12.5. The number of carbonyl (C=O) groups is 1. The van der Waals surface area contributed by atoms with Crippen LogP contribution in [0.15, 0.2) is 10.8 Å². The number of pyridine rings is 1. The molecule has 1 heterocycles. The van der Waals surface area contributed by atoms with Gasteiger partial charge < -0.3 is 5.11 Å². The van der Waals surface area contributed by atoms with Gasteiger partial charge in [0.2, 0.25) is 0 Å². The summed E-state index contributed by atoms with van der Waals surface area (Å²) in [5, 5.41) is 8.60. The summed E-state index contributed by atoms with van der Waals surface area (Å²) in [5.74, 6) is -2.09. The highest BCUT2D eigenvalue weighted by Crippen LogP contribution is 2.38. The molecule has 0 aromatic carbocycles. The van der Waals surface area contributed by atoms with Crippen LogP contribution in [-0.2, 0) is 6.18 Å². The van der Waals surface area contributed by atoms with E-state index in [4.69, 9.17) is 5.11 Å². The van der Waals surface area contributed by atoms with Crippen LogP contribution in [0.25, 0.3) is 0 Å². The van der Waals surface area contributed by atoms with Gasteiger partial charge in [0.25, 0.3) is 6.43 Å². The number of aromatic carboxylic acids is 1. The lowest BCUT2D eigenvalue weighted by molar-refractivity contribution is -0.138. The predicted octanol–water partition coefficient (Wildman–Crippen LogP) is 3.50. The standard InChI is InChI=1S/C8H3BrF5NO2/c9-5-4(6(10)11)3(7(16)17)2(1-15-5)8(12,13)14/h1,6H,(H,16,17). The fraction of sp³-hybridized carbons (Fsp3) is 0.250. The second kappa shape index (κ2) is 4.55. The van der Waals surface area contributed by atoms with E-state index < -0.39 is 39.9 Å². The monoisotopic (exact) mass is 319 g/mol. The summed E-state index contributed by atoms with van der Waals surface area (Å²) in [4.78, 5) is 13.7. The van der Waals surface area contributed by atoms with Gasteiger partial charge >= 0.3 is 12.1 Å². The first-order chi connectivity index (χ1) is 7.66. The number of aromatic nitrogens is 1. The SMILES string of the molecule is O=C(O)c1c(C(F)(F)F)cnc(Br)c1C(F)F. The first-order valence-electron chi connectivity index (χ1n) is 3.93. The number of hydrogen-bond acceptors (Lipinski definition) is 2. The number of carboxylic acids is 1. The van der Waals surface area contributed by atoms with Crippen molar-refractivity contribution >= 4 is 21.9 Å². The zero-order valence-corrected chi connectivity index (χ0v) is 9.31. The van der Waals surface area contributed by atoms with Crippen LogP contribution in [0.3, 0.4) is 0 Å². The number of hydrogen-bond donors (Lipinski definition) is 1. The van der Waals surface area contributed by atoms with E-state index in [9.17, 15) is 26.7 Å². The summed E-state index contributed by atoms with van der Waals surface area (Å²) in [6.07, 6.45) is -8.25. The lowest BCUT2D eigenvalue weighted by atomic mass is 10.0. The summed E-state index contributed by atoms with van der Waals surface area (Å²) in [7, 11) is 0. The molecule has 0 spiro atoms. The highest BCUT2D eigenvalue weighted by molar-refractivity contribution is 9.10. The van der Waals surface area contributed by atoms with Gasteiger partial charge in [0.1, 0.15) is 4.60 Å². The topological polar surface area (TPSA) is 50.2 Å². The Morgan fingerprint density at radius 3 is 2.29 bits per heavy atom. The Morgan fingerprint density at radius 2 is 1.94 bits per heavy atom. The van der Waals surface area contributed by atoms with Crippen molar-refractivity contribution in [3.8, 4) is 0 Å². The highest BCUT2D eigenvalue weighted by Gasteiger charge is 2.39. The van der Waals surface area contributed by atoms with Crippen LogP contribution >= 0.6 is 15.9 Å². The quantitative estimate of drug-likeness (QED) is 0.670. The van der Waals surface area contributed by atoms with Crippen LogP contribution in [0.1, 0.15) is 27.9 Å². The maximum Gasteiger partial charge on any atom is 0.418 e. The molecule has 1 N–H and O–H groups in total. The molecular weight excluding hydrogens is 317 g/mol. The van der Waals surface area contributed by atoms with Crippen molar-refractivity contribution in [1.29, 1.82) is 0 Å². The second-order valence-electron chi connectivity index (χ2n) is 2.85. The molecule has 0 atom stereocenters. The van der Waals surface area contributed by atoms with Crippen LogP contribution in [0.5, 0.6) is 0 Å². The molecule has 0 saturated heterocycles. The number of halogens is 6. The van der Waals surface area contributed by atoms with Gasteiger partial charge in [-0.25, -0.2) is 18.6 Å². The molecule has 0 amide bonds. The van der Waals surface area contributed by atoms with Crippen molar-refractivity contribution in [2.75, 3.05) is 0 Å². The van der Waals surface area contributed by atoms with E-state index in [2.05, 4.69) is 20.9 Å². The van der Waals surface area contributed by atoms with Crippen molar-refractivity contribution < 1.29 is 31.9 Å². The van der Waals surface area contributed by atoms with Gasteiger partial charge in [-0.05, 0) is 15.9 Å². The minimum atomic E-state index is -5.06. The van der Waals surface area contributed by atoms with E-state index in [0.717, 1.165) is 0 Å². The van der Waals surface area contributed by atoms with Gasteiger partial charge in [-0.3, -0.25) is 0 Å². The fourth-order valence-corrected chi connectivity index (χ4v) is 1.62. The van der Waals surface area contributed by atoms with Gasteiger partial charge in [0, 0.05) is 6.20 Å². The molecule has 1 aromatic rings. The minimum absolute atomic E-state index is 0.194. The molecule has 94 valence electrons. The first-order valence-corrected chi connectivity index (χ1v) is 4.72. The third kappa shape index (κ3) is 2.71. The second-order valence-corrected chi connectivity index (χ2v) is 3.61. The Morgan fingerprint density at radius 1 is 1.41 bits per heavy atom. The van der Waals surface area contributed by atoms with Gasteiger partial charge in [0.15, 0.2) is 0 Å². The number of carboxylic acid groups (broad SMARTS) is 1. The molecule has 3 nitrogen and oxygen atoms in total. The van der Waals surface area contributed by atoms with E-state index in [1.54, 1.807) is 0 Å². The minimum Gasteiger partial charge on any atom is -0.478 e. The van der Waals surface area contributed by atoms with Crippen LogP contribution in [0, 0.1) is 0 Å². The highest BCUT2D eigenvalue weighted by atomic mass is 79.9. The molecule has 0 aliphatic carbocycles. The van der Waals surface area contributed by atoms with E-state index in [-0.39, 0.29) is 6.20 Å². The molecule has 1 aromatic heterocycles. The van der Waals surface area contributed by atoms with E-state index in [1.165, 1.54) is 0 Å². The first kappa shape index (κ1) is 13.8. The van der Waals surface area contributed by atoms with E-state index in [0.29, 0.717) is 0 Å². The van der Waals surface area contributed by atoms with Crippen molar-refractivity contribution in [2.24, 2.45) is 0 Å². The summed E-state index contributed by atoms with van der Waals surface area (Å²) >= 11 is 2.50. The largest absolute Gasteiger partial charge is 0.478 e. The summed E-state index contributed by atoms with van der Waals surface area (Å²) in [5.41, 5.74) is -4.48. The molecule has 0 radical (unpaired) electrons. The van der Waals surface area contributed by atoms with Crippen LogP contribution in [-0.4, -0.2) is 16.1 Å². The van der Waals surface area contributed by atoms with Gasteiger partial charge in [-0.1, -0.05) is 0 Å². The summed E-state index contributed by atoms with van der Waals surface area (Å²) in [6, 6.07) is 0. The Kier molecular flexibility index (Phi) is 3.70. The molecule has 1 rings (SSSR count). The Balaban J connectivity index is 3.66. The third-order valence-corrected chi connectivity index (χ3v) is 2.44. The van der Waals surface area contributed by atoms with Gasteiger partial charge in [-0.15, -0.1) is 0 Å². The molecule has 0 aliphatic heterocycles. The Bertz CT molecular complexity index is 460. The van der Waals surface area contributed by atoms with Crippen molar-refractivity contribution in [3.63, 3.8) is 0 Å². The van der Waals surface area contributed by atoms with Crippen molar-refractivity contribution in [3.05, 3.63) is 27.5 Å². The normalized spacial score (nSPS) is 11.9. The van der Waals surface area contributed by atoms with E-state index >= 15 is 0 Å². The average molecular weight is 320 g/mol. The third-order valence-electron chi connectivity index (χ3n) is 1.81.